The molecule has 0 aromatic heterocycles. The highest BCUT2D eigenvalue weighted by Crippen LogP contribution is 2.32. The molecule has 0 atom stereocenters. The summed E-state index contributed by atoms with van der Waals surface area (Å²) in [6, 6.07) is 12.5. The number of hydrogen-bond acceptors (Lipinski definition) is 4. The predicted octanol–water partition coefficient (Wildman–Crippen LogP) is 4.78. The van der Waals surface area contributed by atoms with Crippen molar-refractivity contribution in [3.05, 3.63) is 62.6 Å². The van der Waals surface area contributed by atoms with Crippen LogP contribution in [0.3, 0.4) is 0 Å². The first-order chi connectivity index (χ1) is 9.08. The first-order valence-corrected chi connectivity index (χ1v) is 7.11. The van der Waals surface area contributed by atoms with Crippen LogP contribution in [0.5, 0.6) is 0 Å². The van der Waals surface area contributed by atoms with Crippen LogP contribution in [0.4, 0.5) is 11.4 Å². The fourth-order valence-electron chi connectivity index (χ4n) is 1.51. The first kappa shape index (κ1) is 13.9. The predicted molar refractivity (Wildman–Crippen MR) is 81.5 cm³/mol. The second-order valence-electron chi connectivity index (χ2n) is 3.91. The van der Waals surface area contributed by atoms with Gasteiger partial charge >= 0.3 is 0 Å². The van der Waals surface area contributed by atoms with Gasteiger partial charge in [0.15, 0.2) is 0 Å². The zero-order valence-electron chi connectivity index (χ0n) is 10.1. The molecule has 0 saturated carbocycles. The van der Waals surface area contributed by atoms with E-state index in [0.29, 0.717) is 4.90 Å². The molecule has 98 valence electrons. The van der Waals surface area contributed by atoms with E-state index in [1.54, 1.807) is 18.2 Å². The second-order valence-corrected chi connectivity index (χ2v) is 5.61. The molecule has 1 N–H and O–H groups in total. The van der Waals surface area contributed by atoms with Crippen LogP contribution in [0.25, 0.3) is 0 Å². The molecule has 19 heavy (non-hydrogen) atoms. The Labute approximate surface area is 123 Å². The molecule has 0 spiro atoms. The summed E-state index contributed by atoms with van der Waals surface area (Å²) >= 11 is 4.69. The molecule has 0 saturated heterocycles. The van der Waals surface area contributed by atoms with E-state index in [2.05, 4.69) is 20.7 Å². The summed E-state index contributed by atoms with van der Waals surface area (Å²) in [6.45, 7) is 2.00. The minimum atomic E-state index is -0.381. The normalized spacial score (nSPS) is 10.2. The molecule has 4 nitrogen and oxygen atoms in total. The molecule has 0 amide bonds. The molecule has 2 aromatic rings. The Morgan fingerprint density at radius 2 is 2.00 bits per heavy atom. The highest BCUT2D eigenvalue weighted by molar-refractivity contribution is 9.10. The minimum Gasteiger partial charge on any atom is -0.324 e. The summed E-state index contributed by atoms with van der Waals surface area (Å²) in [5, 5.41) is 10.9. The molecule has 0 radical (unpaired) electrons. The van der Waals surface area contributed by atoms with Gasteiger partial charge in [0.05, 0.1) is 10.6 Å². The van der Waals surface area contributed by atoms with Crippen molar-refractivity contribution >= 4 is 39.3 Å². The summed E-state index contributed by atoms with van der Waals surface area (Å²) in [6.07, 6.45) is 0. The highest BCUT2D eigenvalue weighted by atomic mass is 79.9. The van der Waals surface area contributed by atoms with E-state index in [0.717, 1.165) is 15.7 Å². The van der Waals surface area contributed by atoms with Crippen molar-refractivity contribution in [2.24, 2.45) is 0 Å². The van der Waals surface area contributed by atoms with E-state index in [1.807, 2.05) is 25.1 Å². The lowest BCUT2D eigenvalue weighted by Crippen LogP contribution is -1.93. The topological polar surface area (TPSA) is 55.2 Å². The van der Waals surface area contributed by atoms with Crippen LogP contribution in [-0.4, -0.2) is 4.92 Å². The van der Waals surface area contributed by atoms with Crippen molar-refractivity contribution in [3.63, 3.8) is 0 Å². The Morgan fingerprint density at radius 3 is 2.68 bits per heavy atom. The van der Waals surface area contributed by atoms with E-state index >= 15 is 0 Å². The maximum atomic E-state index is 10.9. The van der Waals surface area contributed by atoms with Gasteiger partial charge < -0.3 is 4.72 Å². The first-order valence-electron chi connectivity index (χ1n) is 5.50. The van der Waals surface area contributed by atoms with E-state index in [4.69, 9.17) is 0 Å². The molecular formula is C13H11BrN2O2S. The van der Waals surface area contributed by atoms with Crippen LogP contribution in [-0.2, 0) is 0 Å². The van der Waals surface area contributed by atoms with Crippen molar-refractivity contribution in [2.75, 3.05) is 4.72 Å². The van der Waals surface area contributed by atoms with Gasteiger partial charge in [-0.3, -0.25) is 10.1 Å². The van der Waals surface area contributed by atoms with Gasteiger partial charge in [-0.1, -0.05) is 18.2 Å². The number of anilines is 1. The lowest BCUT2D eigenvalue weighted by molar-refractivity contribution is -0.387. The third-order valence-electron chi connectivity index (χ3n) is 2.46. The summed E-state index contributed by atoms with van der Waals surface area (Å²) in [4.78, 5) is 11.1. The van der Waals surface area contributed by atoms with Crippen LogP contribution in [0, 0.1) is 17.0 Å². The number of nitrogens with zero attached hydrogens (tertiary/aromatic N) is 1. The molecular weight excluding hydrogens is 328 g/mol. The van der Waals surface area contributed by atoms with Crippen molar-refractivity contribution in [1.29, 1.82) is 0 Å². The smallest absolute Gasteiger partial charge is 0.284 e. The van der Waals surface area contributed by atoms with E-state index in [-0.39, 0.29) is 10.6 Å². The number of nitro groups is 1. The fourth-order valence-corrected chi connectivity index (χ4v) is 3.02. The van der Waals surface area contributed by atoms with Gasteiger partial charge in [0.2, 0.25) is 0 Å². The Hall–Kier alpha value is -1.53. The minimum absolute atomic E-state index is 0.100. The van der Waals surface area contributed by atoms with Gasteiger partial charge in [-0.2, -0.15) is 0 Å². The SMILES string of the molecule is Cc1ccc(NSc2ccccc2[N+](=O)[O-])c(Br)c1. The molecule has 6 heteroatoms. The zero-order valence-corrected chi connectivity index (χ0v) is 12.5. The van der Waals surface area contributed by atoms with E-state index < -0.39 is 0 Å². The number of rotatable bonds is 4. The molecule has 0 fully saturated rings. The van der Waals surface area contributed by atoms with Gasteiger partial charge in [-0.15, -0.1) is 0 Å². The standard InChI is InChI=1S/C13H11BrN2O2S/c1-9-6-7-11(10(14)8-9)15-19-13-5-3-2-4-12(13)16(17)18/h2-8,15H,1H3. The Morgan fingerprint density at radius 1 is 1.26 bits per heavy atom. The molecule has 0 bridgehead atoms. The molecule has 0 aliphatic carbocycles. The van der Waals surface area contributed by atoms with Crippen molar-refractivity contribution in [1.82, 2.24) is 0 Å². The summed E-state index contributed by atoms with van der Waals surface area (Å²) in [5.74, 6) is 0. The monoisotopic (exact) mass is 338 g/mol. The molecule has 0 aliphatic heterocycles. The Bertz CT molecular complexity index is 619. The fraction of sp³-hybridized carbons (Fsp3) is 0.0769. The second kappa shape index (κ2) is 6.08. The van der Waals surface area contributed by atoms with Gasteiger partial charge in [-0.25, -0.2) is 0 Å². The number of benzene rings is 2. The van der Waals surface area contributed by atoms with Gasteiger partial charge in [0, 0.05) is 10.5 Å². The third kappa shape index (κ3) is 3.48. The number of aryl methyl sites for hydroxylation is 1. The lowest BCUT2D eigenvalue weighted by atomic mass is 10.2. The number of nitrogens with one attached hydrogen (secondary N) is 1. The number of para-hydroxylation sites is 1. The van der Waals surface area contributed by atoms with Crippen molar-refractivity contribution in [2.45, 2.75) is 11.8 Å². The quantitative estimate of drug-likeness (QED) is 0.495. The maximum absolute atomic E-state index is 10.9. The maximum Gasteiger partial charge on any atom is 0.284 e. The molecule has 2 aromatic carbocycles. The van der Waals surface area contributed by atoms with Crippen molar-refractivity contribution in [3.8, 4) is 0 Å². The molecule has 2 rings (SSSR count). The summed E-state index contributed by atoms with van der Waals surface area (Å²) in [7, 11) is 0. The van der Waals surface area contributed by atoms with Crippen LogP contribution >= 0.6 is 27.9 Å². The van der Waals surface area contributed by atoms with E-state index in [1.165, 1.54) is 18.0 Å². The highest BCUT2D eigenvalue weighted by Gasteiger charge is 2.13. The molecule has 0 aliphatic rings. The van der Waals surface area contributed by atoms with Gasteiger partial charge in [-0.05, 0) is 58.6 Å². The van der Waals surface area contributed by atoms with Crippen molar-refractivity contribution < 1.29 is 4.92 Å². The van der Waals surface area contributed by atoms with Crippen LogP contribution in [0.2, 0.25) is 0 Å². The largest absolute Gasteiger partial charge is 0.324 e. The van der Waals surface area contributed by atoms with Gasteiger partial charge in [0.25, 0.3) is 5.69 Å². The van der Waals surface area contributed by atoms with Gasteiger partial charge in [0.1, 0.15) is 4.90 Å². The van der Waals surface area contributed by atoms with Crippen LogP contribution in [0.15, 0.2) is 51.8 Å². The van der Waals surface area contributed by atoms with Crippen LogP contribution < -0.4 is 4.72 Å². The van der Waals surface area contributed by atoms with Crippen LogP contribution in [0.1, 0.15) is 5.56 Å². The zero-order chi connectivity index (χ0) is 13.8. The average Bonchev–Trinajstić information content (AvgIpc) is 2.38. The van der Waals surface area contributed by atoms with E-state index in [9.17, 15) is 10.1 Å². The summed E-state index contributed by atoms with van der Waals surface area (Å²) in [5.41, 5.74) is 2.13. The number of halogens is 1. The summed E-state index contributed by atoms with van der Waals surface area (Å²) < 4.78 is 4.05. The molecule has 0 unspecified atom stereocenters. The number of nitro benzene ring substituents is 1. The Kier molecular flexibility index (Phi) is 4.44. The Balaban J connectivity index is 2.17. The molecule has 0 heterocycles. The lowest BCUT2D eigenvalue weighted by Gasteiger charge is -2.08. The average molecular weight is 339 g/mol. The third-order valence-corrected chi connectivity index (χ3v) is 4.00. The number of hydrogen-bond donors (Lipinski definition) is 1.